The monoisotopic (exact) mass is 553 g/mol. The molecule has 0 saturated heterocycles. The number of anilines is 2. The smallest absolute Gasteiger partial charge is 0.275 e. The zero-order valence-electron chi connectivity index (χ0n) is 22.9. The van der Waals surface area contributed by atoms with Gasteiger partial charge in [0.15, 0.2) is 11.6 Å². The number of H-pyrrole nitrogens is 1. The van der Waals surface area contributed by atoms with Crippen molar-refractivity contribution in [1.29, 1.82) is 0 Å². The van der Waals surface area contributed by atoms with Gasteiger partial charge in [0, 0.05) is 36.4 Å². The van der Waals surface area contributed by atoms with Gasteiger partial charge in [0.25, 0.3) is 11.5 Å². The van der Waals surface area contributed by atoms with Crippen molar-refractivity contribution in [1.82, 2.24) is 30.5 Å². The van der Waals surface area contributed by atoms with Crippen molar-refractivity contribution in [2.24, 2.45) is 0 Å². The Balaban J connectivity index is 1.16. The van der Waals surface area contributed by atoms with E-state index in [0.29, 0.717) is 49.2 Å². The minimum absolute atomic E-state index is 0.154. The lowest BCUT2D eigenvalue weighted by molar-refractivity contribution is -0.148. The van der Waals surface area contributed by atoms with Crippen LogP contribution in [0.15, 0.2) is 76.4 Å². The van der Waals surface area contributed by atoms with E-state index in [1.165, 1.54) is 0 Å². The lowest BCUT2D eigenvalue weighted by Crippen LogP contribution is -2.51. The maximum Gasteiger partial charge on any atom is 0.275 e. The van der Waals surface area contributed by atoms with E-state index in [4.69, 9.17) is 14.4 Å². The molecule has 1 fully saturated rings. The van der Waals surface area contributed by atoms with E-state index in [1.54, 1.807) is 24.3 Å². The number of carbonyl (C=O) groups is 1. The van der Waals surface area contributed by atoms with Crippen LogP contribution in [0.1, 0.15) is 43.0 Å². The van der Waals surface area contributed by atoms with Gasteiger partial charge in [0.1, 0.15) is 11.9 Å². The van der Waals surface area contributed by atoms with E-state index in [1.807, 2.05) is 61.5 Å². The van der Waals surface area contributed by atoms with E-state index < -0.39 is 5.60 Å². The van der Waals surface area contributed by atoms with Gasteiger partial charge in [0.05, 0.1) is 17.6 Å². The lowest BCUT2D eigenvalue weighted by Gasteiger charge is -2.38. The minimum atomic E-state index is -0.965. The summed E-state index contributed by atoms with van der Waals surface area (Å²) in [6, 6.07) is 17.0. The van der Waals surface area contributed by atoms with Crippen molar-refractivity contribution in [2.45, 2.75) is 50.8 Å². The SMILES string of the molecule is COC1(C(=O)NCc2ccc(-c3cnoc3)cc2)CCC(n2nc(Nc3cc(C)[nH]n3)c3ccccc3c2=O)CC1. The number of aryl methyl sites for hydroxylation is 1. The molecule has 41 heavy (non-hydrogen) atoms. The maximum atomic E-state index is 13.5. The fourth-order valence-electron chi connectivity index (χ4n) is 5.49. The number of hydrogen-bond acceptors (Lipinski definition) is 8. The summed E-state index contributed by atoms with van der Waals surface area (Å²) in [5.74, 6) is 1.02. The first-order valence-electron chi connectivity index (χ1n) is 13.6. The highest BCUT2D eigenvalue weighted by Gasteiger charge is 2.43. The lowest BCUT2D eigenvalue weighted by atomic mass is 9.81. The summed E-state index contributed by atoms with van der Waals surface area (Å²) in [6.45, 7) is 2.30. The van der Waals surface area contributed by atoms with Crippen molar-refractivity contribution < 1.29 is 14.1 Å². The number of aromatic amines is 1. The molecule has 6 rings (SSSR count). The second-order valence-corrected chi connectivity index (χ2v) is 10.4. The van der Waals surface area contributed by atoms with Gasteiger partial charge in [-0.25, -0.2) is 4.68 Å². The molecule has 0 radical (unpaired) electrons. The van der Waals surface area contributed by atoms with E-state index in [2.05, 4.69) is 26.0 Å². The van der Waals surface area contributed by atoms with Gasteiger partial charge in [-0.3, -0.25) is 14.7 Å². The van der Waals surface area contributed by atoms with Crippen LogP contribution in [0.5, 0.6) is 0 Å². The summed E-state index contributed by atoms with van der Waals surface area (Å²) in [6.07, 6.45) is 5.33. The molecule has 0 spiro atoms. The molecule has 0 unspecified atom stereocenters. The van der Waals surface area contributed by atoms with Gasteiger partial charge in [-0.2, -0.15) is 10.2 Å². The molecule has 1 aliphatic carbocycles. The second-order valence-electron chi connectivity index (χ2n) is 10.4. The van der Waals surface area contributed by atoms with Crippen LogP contribution in [0.3, 0.4) is 0 Å². The molecule has 2 aromatic carbocycles. The average molecular weight is 554 g/mol. The molecular formula is C30H31N7O4. The van der Waals surface area contributed by atoms with Gasteiger partial charge < -0.3 is 19.9 Å². The summed E-state index contributed by atoms with van der Waals surface area (Å²) >= 11 is 0. The summed E-state index contributed by atoms with van der Waals surface area (Å²) in [5, 5.41) is 23.2. The highest BCUT2D eigenvalue weighted by atomic mass is 16.5. The molecule has 0 aliphatic heterocycles. The Labute approximate surface area is 235 Å². The number of nitrogens with one attached hydrogen (secondary N) is 3. The summed E-state index contributed by atoms with van der Waals surface area (Å²) in [5.41, 5.74) is 2.65. The number of fused-ring (bicyclic) bond motifs is 1. The van der Waals surface area contributed by atoms with E-state index >= 15 is 0 Å². The maximum absolute atomic E-state index is 13.5. The van der Waals surface area contributed by atoms with Crippen LogP contribution in [0.2, 0.25) is 0 Å². The number of hydrogen-bond donors (Lipinski definition) is 3. The Morgan fingerprint density at radius 2 is 1.88 bits per heavy atom. The van der Waals surface area contributed by atoms with E-state index in [-0.39, 0.29) is 17.5 Å². The highest BCUT2D eigenvalue weighted by molar-refractivity contribution is 5.92. The Kier molecular flexibility index (Phi) is 7.10. The molecular weight excluding hydrogens is 522 g/mol. The normalized spacial score (nSPS) is 18.8. The molecule has 3 aromatic heterocycles. The summed E-state index contributed by atoms with van der Waals surface area (Å²) in [4.78, 5) is 26.9. The standard InChI is InChI=1S/C30H31N7O4/c1-19-15-26(35-34-19)33-27-24-5-3-4-6-25(24)28(38)37(36-27)23-11-13-30(40-2,14-12-23)29(39)31-16-20-7-9-21(10-8-20)22-17-32-41-18-22/h3-10,15,17-18,23H,11-14,16H2,1-2H3,(H,31,39)(H2,33,34,35,36). The second kappa shape index (κ2) is 11.0. The Morgan fingerprint density at radius 3 is 2.54 bits per heavy atom. The predicted octanol–water partition coefficient (Wildman–Crippen LogP) is 4.64. The quantitative estimate of drug-likeness (QED) is 0.252. The topological polar surface area (TPSA) is 140 Å². The van der Waals surface area contributed by atoms with Crippen LogP contribution in [0, 0.1) is 6.92 Å². The molecule has 3 heterocycles. The molecule has 0 bridgehead atoms. The number of carbonyl (C=O) groups excluding carboxylic acids is 1. The van der Waals surface area contributed by atoms with Gasteiger partial charge in [-0.15, -0.1) is 0 Å². The third-order valence-corrected chi connectivity index (χ3v) is 7.87. The molecule has 11 nitrogen and oxygen atoms in total. The first-order valence-corrected chi connectivity index (χ1v) is 13.6. The Hall–Kier alpha value is -4.77. The summed E-state index contributed by atoms with van der Waals surface area (Å²) in [7, 11) is 1.57. The third-order valence-electron chi connectivity index (χ3n) is 7.87. The molecule has 1 saturated carbocycles. The van der Waals surface area contributed by atoms with Crippen LogP contribution in [-0.4, -0.2) is 43.8 Å². The number of ether oxygens (including phenoxy) is 1. The number of benzene rings is 2. The van der Waals surface area contributed by atoms with Crippen LogP contribution in [0.25, 0.3) is 21.9 Å². The van der Waals surface area contributed by atoms with Gasteiger partial charge >= 0.3 is 0 Å². The Bertz CT molecular complexity index is 1720. The van der Waals surface area contributed by atoms with Gasteiger partial charge in [-0.1, -0.05) is 47.6 Å². The molecule has 5 aromatic rings. The van der Waals surface area contributed by atoms with Crippen molar-refractivity contribution >= 4 is 28.3 Å². The third kappa shape index (κ3) is 5.23. The zero-order chi connectivity index (χ0) is 28.4. The minimum Gasteiger partial charge on any atom is -0.368 e. The number of amides is 1. The number of aromatic nitrogens is 5. The molecule has 210 valence electrons. The molecule has 0 atom stereocenters. The first-order chi connectivity index (χ1) is 20.0. The number of nitrogens with zero attached hydrogens (tertiary/aromatic N) is 4. The number of methoxy groups -OCH3 is 1. The van der Waals surface area contributed by atoms with Gasteiger partial charge in [-0.05, 0) is 49.8 Å². The van der Waals surface area contributed by atoms with Crippen LogP contribution in [-0.2, 0) is 16.1 Å². The predicted molar refractivity (Wildman–Crippen MR) is 154 cm³/mol. The van der Waals surface area contributed by atoms with Crippen molar-refractivity contribution in [3.63, 3.8) is 0 Å². The Morgan fingerprint density at radius 1 is 1.12 bits per heavy atom. The van der Waals surface area contributed by atoms with Crippen LogP contribution < -0.4 is 16.2 Å². The zero-order valence-corrected chi connectivity index (χ0v) is 22.9. The molecule has 11 heteroatoms. The molecule has 1 amide bonds. The van der Waals surface area contributed by atoms with Crippen molar-refractivity contribution in [3.8, 4) is 11.1 Å². The highest BCUT2D eigenvalue weighted by Crippen LogP contribution is 2.37. The fourth-order valence-corrected chi connectivity index (χ4v) is 5.49. The van der Waals surface area contributed by atoms with E-state index in [0.717, 1.165) is 27.8 Å². The van der Waals surface area contributed by atoms with E-state index in [9.17, 15) is 9.59 Å². The largest absolute Gasteiger partial charge is 0.368 e. The van der Waals surface area contributed by atoms with Crippen molar-refractivity contribution in [3.05, 3.63) is 88.7 Å². The average Bonchev–Trinajstić information content (AvgIpc) is 3.70. The fraction of sp³-hybridized carbons (Fsp3) is 0.300. The summed E-state index contributed by atoms with van der Waals surface area (Å²) < 4.78 is 12.3. The van der Waals surface area contributed by atoms with Crippen molar-refractivity contribution in [2.75, 3.05) is 12.4 Å². The number of rotatable bonds is 8. The van der Waals surface area contributed by atoms with Crippen LogP contribution in [0.4, 0.5) is 11.6 Å². The van der Waals surface area contributed by atoms with Crippen LogP contribution >= 0.6 is 0 Å². The first kappa shape index (κ1) is 26.5. The molecule has 1 aliphatic rings. The van der Waals surface area contributed by atoms with Gasteiger partial charge in [0.2, 0.25) is 0 Å². The molecule has 3 N–H and O–H groups in total.